The maximum absolute atomic E-state index is 10.9. The Kier molecular flexibility index (Phi) is 5.22. The Labute approximate surface area is 121 Å². The highest BCUT2D eigenvalue weighted by molar-refractivity contribution is 9.10. The topological polar surface area (TPSA) is 49.8 Å². The minimum Gasteiger partial charge on any atom is -0.491 e. The van der Waals surface area contributed by atoms with Crippen molar-refractivity contribution >= 4 is 21.9 Å². The van der Waals surface area contributed by atoms with E-state index in [0.717, 1.165) is 24.1 Å². The molecular weight excluding hydrogens is 310 g/mol. The van der Waals surface area contributed by atoms with Crippen molar-refractivity contribution in [1.29, 1.82) is 0 Å². The second kappa shape index (κ2) is 6.91. The van der Waals surface area contributed by atoms with Gasteiger partial charge in [-0.2, -0.15) is 0 Å². The highest BCUT2D eigenvalue weighted by Crippen LogP contribution is 2.26. The summed E-state index contributed by atoms with van der Waals surface area (Å²) in [7, 11) is 0. The van der Waals surface area contributed by atoms with Gasteiger partial charge in [0.2, 0.25) is 0 Å². The van der Waals surface area contributed by atoms with Crippen LogP contribution in [0.15, 0.2) is 22.7 Å². The van der Waals surface area contributed by atoms with Gasteiger partial charge < -0.3 is 9.84 Å². The molecule has 0 aliphatic carbocycles. The summed E-state index contributed by atoms with van der Waals surface area (Å²) in [6, 6.07) is 4.83. The highest BCUT2D eigenvalue weighted by atomic mass is 79.9. The Morgan fingerprint density at radius 3 is 2.74 bits per heavy atom. The normalized spacial score (nSPS) is 16.3. The first-order valence-corrected chi connectivity index (χ1v) is 7.34. The fourth-order valence-electron chi connectivity index (χ4n) is 2.21. The van der Waals surface area contributed by atoms with Crippen molar-refractivity contribution in [1.82, 2.24) is 4.90 Å². The zero-order valence-electron chi connectivity index (χ0n) is 10.8. The van der Waals surface area contributed by atoms with E-state index < -0.39 is 5.97 Å². The fraction of sp³-hybridized carbons (Fsp3) is 0.500. The van der Waals surface area contributed by atoms with Gasteiger partial charge in [0.05, 0.1) is 10.0 Å². The molecule has 1 aliphatic rings. The number of carboxylic acid groups (broad SMARTS) is 1. The van der Waals surface area contributed by atoms with Crippen LogP contribution in [0.5, 0.6) is 5.75 Å². The van der Waals surface area contributed by atoms with Crippen molar-refractivity contribution in [3.63, 3.8) is 0 Å². The number of aromatic carboxylic acids is 1. The van der Waals surface area contributed by atoms with Gasteiger partial charge >= 0.3 is 5.97 Å². The predicted molar refractivity (Wildman–Crippen MR) is 76.9 cm³/mol. The molecule has 1 saturated heterocycles. The third-order valence-corrected chi connectivity index (χ3v) is 3.95. The molecule has 1 heterocycles. The number of ether oxygens (including phenoxy) is 1. The van der Waals surface area contributed by atoms with Crippen LogP contribution in [-0.4, -0.2) is 42.2 Å². The summed E-state index contributed by atoms with van der Waals surface area (Å²) >= 11 is 3.37. The lowest BCUT2D eigenvalue weighted by atomic mass is 10.1. The van der Waals surface area contributed by atoms with Gasteiger partial charge in [-0.1, -0.05) is 6.42 Å². The molecule has 0 aromatic heterocycles. The molecule has 5 heteroatoms. The fourth-order valence-corrected chi connectivity index (χ4v) is 2.58. The van der Waals surface area contributed by atoms with E-state index in [1.807, 2.05) is 0 Å². The maximum atomic E-state index is 10.9. The lowest BCUT2D eigenvalue weighted by molar-refractivity contribution is 0.0696. The number of rotatable bonds is 5. The lowest BCUT2D eigenvalue weighted by Gasteiger charge is -2.26. The molecule has 1 aliphatic heterocycles. The van der Waals surface area contributed by atoms with Crippen molar-refractivity contribution in [3.8, 4) is 5.75 Å². The SMILES string of the molecule is O=C(O)c1ccc(Br)c(OCCN2CCCCC2)c1. The van der Waals surface area contributed by atoms with E-state index in [-0.39, 0.29) is 5.56 Å². The van der Waals surface area contributed by atoms with Crippen LogP contribution >= 0.6 is 15.9 Å². The van der Waals surface area contributed by atoms with E-state index in [0.29, 0.717) is 12.4 Å². The van der Waals surface area contributed by atoms with Gasteiger partial charge in [0, 0.05) is 6.54 Å². The molecular formula is C14H18BrNO3. The van der Waals surface area contributed by atoms with Crippen LogP contribution in [0.2, 0.25) is 0 Å². The number of hydrogen-bond donors (Lipinski definition) is 1. The monoisotopic (exact) mass is 327 g/mol. The van der Waals surface area contributed by atoms with E-state index in [2.05, 4.69) is 20.8 Å². The molecule has 1 aromatic rings. The van der Waals surface area contributed by atoms with E-state index in [1.165, 1.54) is 19.3 Å². The zero-order chi connectivity index (χ0) is 13.7. The molecule has 1 N–H and O–H groups in total. The average molecular weight is 328 g/mol. The minimum atomic E-state index is -0.937. The molecule has 2 rings (SSSR count). The van der Waals surface area contributed by atoms with Crippen LogP contribution in [0.3, 0.4) is 0 Å². The average Bonchev–Trinajstić information content (AvgIpc) is 2.42. The lowest BCUT2D eigenvalue weighted by Crippen LogP contribution is -2.33. The number of nitrogens with zero attached hydrogens (tertiary/aromatic N) is 1. The minimum absolute atomic E-state index is 0.246. The quantitative estimate of drug-likeness (QED) is 0.903. The number of halogens is 1. The van der Waals surface area contributed by atoms with Crippen molar-refractivity contribution in [2.24, 2.45) is 0 Å². The molecule has 0 bridgehead atoms. The van der Waals surface area contributed by atoms with Crippen LogP contribution in [-0.2, 0) is 0 Å². The molecule has 0 saturated carbocycles. The summed E-state index contributed by atoms with van der Waals surface area (Å²) in [5, 5.41) is 8.95. The van der Waals surface area contributed by atoms with Gasteiger partial charge in [0.25, 0.3) is 0 Å². The van der Waals surface area contributed by atoms with Gasteiger partial charge in [-0.15, -0.1) is 0 Å². The molecule has 19 heavy (non-hydrogen) atoms. The number of carbonyl (C=O) groups is 1. The Balaban J connectivity index is 1.87. The molecule has 0 unspecified atom stereocenters. The number of benzene rings is 1. The van der Waals surface area contributed by atoms with Crippen LogP contribution in [0, 0.1) is 0 Å². The molecule has 1 aromatic carbocycles. The Hall–Kier alpha value is -1.07. The van der Waals surface area contributed by atoms with E-state index >= 15 is 0 Å². The maximum Gasteiger partial charge on any atom is 0.335 e. The first-order valence-electron chi connectivity index (χ1n) is 6.55. The second-order valence-electron chi connectivity index (χ2n) is 4.70. The van der Waals surface area contributed by atoms with Crippen LogP contribution < -0.4 is 4.74 Å². The van der Waals surface area contributed by atoms with Crippen LogP contribution in [0.4, 0.5) is 0 Å². The largest absolute Gasteiger partial charge is 0.491 e. The molecule has 104 valence electrons. The van der Waals surface area contributed by atoms with Gasteiger partial charge in [0.15, 0.2) is 0 Å². The summed E-state index contributed by atoms with van der Waals surface area (Å²) in [5.74, 6) is -0.342. The molecule has 0 amide bonds. The predicted octanol–water partition coefficient (Wildman–Crippen LogP) is 3.01. The third-order valence-electron chi connectivity index (χ3n) is 3.29. The van der Waals surface area contributed by atoms with Crippen molar-refractivity contribution in [2.75, 3.05) is 26.2 Å². The third kappa shape index (κ3) is 4.21. The van der Waals surface area contributed by atoms with E-state index in [1.54, 1.807) is 18.2 Å². The number of carboxylic acids is 1. The number of piperidine rings is 1. The van der Waals surface area contributed by atoms with Gasteiger partial charge in [-0.3, -0.25) is 4.90 Å². The van der Waals surface area contributed by atoms with E-state index in [9.17, 15) is 4.79 Å². The van der Waals surface area contributed by atoms with Gasteiger partial charge in [-0.25, -0.2) is 4.79 Å². The molecule has 0 atom stereocenters. The zero-order valence-corrected chi connectivity index (χ0v) is 12.4. The molecule has 4 nitrogen and oxygen atoms in total. The van der Waals surface area contributed by atoms with Crippen molar-refractivity contribution < 1.29 is 14.6 Å². The summed E-state index contributed by atoms with van der Waals surface area (Å²) < 4.78 is 6.47. The first kappa shape index (κ1) is 14.3. The standard InChI is InChI=1S/C14H18BrNO3/c15-12-5-4-11(14(17)18)10-13(12)19-9-8-16-6-2-1-3-7-16/h4-5,10H,1-3,6-9H2,(H,17,18). The summed E-state index contributed by atoms with van der Waals surface area (Å²) in [4.78, 5) is 13.3. The first-order chi connectivity index (χ1) is 9.16. The summed E-state index contributed by atoms with van der Waals surface area (Å²) in [5.41, 5.74) is 0.246. The van der Waals surface area contributed by atoms with Crippen molar-refractivity contribution in [2.45, 2.75) is 19.3 Å². The molecule has 0 spiro atoms. The van der Waals surface area contributed by atoms with E-state index in [4.69, 9.17) is 9.84 Å². The summed E-state index contributed by atoms with van der Waals surface area (Å²) in [6.45, 7) is 3.75. The van der Waals surface area contributed by atoms with Crippen molar-refractivity contribution in [3.05, 3.63) is 28.2 Å². The Bertz CT molecular complexity index is 444. The molecule has 0 radical (unpaired) electrons. The second-order valence-corrected chi connectivity index (χ2v) is 5.56. The van der Waals surface area contributed by atoms with Crippen LogP contribution in [0.25, 0.3) is 0 Å². The highest BCUT2D eigenvalue weighted by Gasteiger charge is 2.11. The Morgan fingerprint density at radius 2 is 2.05 bits per heavy atom. The smallest absolute Gasteiger partial charge is 0.335 e. The summed E-state index contributed by atoms with van der Waals surface area (Å²) in [6.07, 6.45) is 3.85. The number of hydrogen-bond acceptors (Lipinski definition) is 3. The Morgan fingerprint density at radius 1 is 1.32 bits per heavy atom. The van der Waals surface area contributed by atoms with Crippen LogP contribution in [0.1, 0.15) is 29.6 Å². The number of likely N-dealkylation sites (tertiary alicyclic amines) is 1. The van der Waals surface area contributed by atoms with Gasteiger partial charge in [-0.05, 0) is 60.1 Å². The van der Waals surface area contributed by atoms with Gasteiger partial charge in [0.1, 0.15) is 12.4 Å². The molecule has 1 fully saturated rings.